The van der Waals surface area contributed by atoms with E-state index in [2.05, 4.69) is 10.6 Å². The second-order valence-corrected chi connectivity index (χ2v) is 4.85. The maximum Gasteiger partial charge on any atom is 0.315 e. The van der Waals surface area contributed by atoms with Crippen LogP contribution in [0, 0.1) is 5.92 Å². The number of carboxylic acid groups (broad SMARTS) is 1. The van der Waals surface area contributed by atoms with Crippen LogP contribution in [-0.2, 0) is 11.3 Å². The Labute approximate surface area is 110 Å². The van der Waals surface area contributed by atoms with Crippen LogP contribution in [0.25, 0.3) is 0 Å². The molecule has 1 unspecified atom stereocenters. The molecule has 0 aliphatic carbocycles. The van der Waals surface area contributed by atoms with Gasteiger partial charge in [0.25, 0.3) is 0 Å². The van der Waals surface area contributed by atoms with Gasteiger partial charge < -0.3 is 15.7 Å². The van der Waals surface area contributed by atoms with Crippen LogP contribution in [0.15, 0.2) is 16.8 Å². The van der Waals surface area contributed by atoms with Crippen LogP contribution in [-0.4, -0.2) is 23.7 Å². The van der Waals surface area contributed by atoms with E-state index < -0.39 is 5.97 Å². The predicted octanol–water partition coefficient (Wildman–Crippen LogP) is 2.05. The van der Waals surface area contributed by atoms with E-state index in [0.717, 1.165) is 12.0 Å². The van der Waals surface area contributed by atoms with Gasteiger partial charge >= 0.3 is 12.0 Å². The van der Waals surface area contributed by atoms with E-state index in [0.29, 0.717) is 13.1 Å². The molecule has 0 bridgehead atoms. The summed E-state index contributed by atoms with van der Waals surface area (Å²) in [5.41, 5.74) is 1.06. The van der Waals surface area contributed by atoms with Crippen molar-refractivity contribution in [3.8, 4) is 0 Å². The van der Waals surface area contributed by atoms with Crippen molar-refractivity contribution in [2.24, 2.45) is 5.92 Å². The van der Waals surface area contributed by atoms with Gasteiger partial charge in [-0.3, -0.25) is 4.79 Å². The summed E-state index contributed by atoms with van der Waals surface area (Å²) in [6, 6.07) is 1.69. The fourth-order valence-electron chi connectivity index (χ4n) is 1.48. The SMILES string of the molecule is CCC(CNC(=O)NCc1ccsc1)CC(=O)O. The van der Waals surface area contributed by atoms with Crippen LogP contribution in [0.1, 0.15) is 25.3 Å². The Balaban J connectivity index is 2.21. The van der Waals surface area contributed by atoms with E-state index in [1.54, 1.807) is 11.3 Å². The Bertz CT molecular complexity index is 379. The first-order valence-electron chi connectivity index (χ1n) is 5.86. The molecule has 0 aromatic carbocycles. The molecule has 100 valence electrons. The molecule has 0 radical (unpaired) electrons. The summed E-state index contributed by atoms with van der Waals surface area (Å²) < 4.78 is 0. The number of hydrogen-bond donors (Lipinski definition) is 3. The zero-order chi connectivity index (χ0) is 13.4. The molecular formula is C12H18N2O3S. The number of hydrogen-bond acceptors (Lipinski definition) is 3. The molecule has 0 aliphatic heterocycles. The predicted molar refractivity (Wildman–Crippen MR) is 70.6 cm³/mol. The Morgan fingerprint density at radius 2 is 2.22 bits per heavy atom. The number of carbonyl (C=O) groups is 2. The van der Waals surface area contributed by atoms with E-state index >= 15 is 0 Å². The fraction of sp³-hybridized carbons (Fsp3) is 0.500. The highest BCUT2D eigenvalue weighted by Crippen LogP contribution is 2.07. The van der Waals surface area contributed by atoms with Crippen LogP contribution < -0.4 is 10.6 Å². The summed E-state index contributed by atoms with van der Waals surface area (Å²) in [5.74, 6) is -0.850. The molecule has 1 rings (SSSR count). The van der Waals surface area contributed by atoms with Crippen LogP contribution in [0.3, 0.4) is 0 Å². The Hall–Kier alpha value is -1.56. The first-order valence-corrected chi connectivity index (χ1v) is 6.80. The second kappa shape index (κ2) is 7.71. The van der Waals surface area contributed by atoms with Gasteiger partial charge in [-0.25, -0.2) is 4.79 Å². The van der Waals surface area contributed by atoms with Gasteiger partial charge in [-0.15, -0.1) is 0 Å². The van der Waals surface area contributed by atoms with Crippen molar-refractivity contribution in [2.75, 3.05) is 6.54 Å². The molecular weight excluding hydrogens is 252 g/mol. The zero-order valence-corrected chi connectivity index (χ0v) is 11.1. The van der Waals surface area contributed by atoms with Crippen LogP contribution in [0.2, 0.25) is 0 Å². The lowest BCUT2D eigenvalue weighted by molar-refractivity contribution is -0.138. The molecule has 6 heteroatoms. The summed E-state index contributed by atoms with van der Waals surface area (Å²) in [4.78, 5) is 22.0. The lowest BCUT2D eigenvalue weighted by atomic mass is 10.0. The van der Waals surface area contributed by atoms with Gasteiger partial charge in [-0.2, -0.15) is 11.3 Å². The van der Waals surface area contributed by atoms with Crippen molar-refractivity contribution in [1.82, 2.24) is 10.6 Å². The number of urea groups is 1. The summed E-state index contributed by atoms with van der Waals surface area (Å²) in [6.45, 7) is 2.79. The highest BCUT2D eigenvalue weighted by molar-refractivity contribution is 7.07. The molecule has 1 heterocycles. The van der Waals surface area contributed by atoms with Crippen molar-refractivity contribution >= 4 is 23.3 Å². The summed E-state index contributed by atoms with van der Waals surface area (Å²) in [5, 5.41) is 18.0. The molecule has 1 aromatic rings. The third-order valence-corrected chi connectivity index (χ3v) is 3.36. The Kier molecular flexibility index (Phi) is 6.21. The molecule has 1 atom stereocenters. The highest BCUT2D eigenvalue weighted by atomic mass is 32.1. The molecule has 0 spiro atoms. The minimum atomic E-state index is -0.831. The van der Waals surface area contributed by atoms with E-state index in [1.165, 1.54) is 0 Å². The van der Waals surface area contributed by atoms with Crippen molar-refractivity contribution in [3.63, 3.8) is 0 Å². The van der Waals surface area contributed by atoms with E-state index in [1.807, 2.05) is 23.8 Å². The smallest absolute Gasteiger partial charge is 0.315 e. The van der Waals surface area contributed by atoms with Crippen molar-refractivity contribution in [2.45, 2.75) is 26.3 Å². The Morgan fingerprint density at radius 3 is 2.78 bits per heavy atom. The number of aliphatic carboxylic acids is 1. The molecule has 0 saturated heterocycles. The van der Waals surface area contributed by atoms with Gasteiger partial charge in [0.15, 0.2) is 0 Å². The van der Waals surface area contributed by atoms with Crippen molar-refractivity contribution in [1.29, 1.82) is 0 Å². The number of nitrogens with one attached hydrogen (secondary N) is 2. The van der Waals surface area contributed by atoms with Gasteiger partial charge in [-0.1, -0.05) is 13.3 Å². The number of thiophene rings is 1. The lowest BCUT2D eigenvalue weighted by Crippen LogP contribution is -2.38. The molecule has 5 nitrogen and oxygen atoms in total. The van der Waals surface area contributed by atoms with Crippen molar-refractivity contribution in [3.05, 3.63) is 22.4 Å². The molecule has 1 aromatic heterocycles. The third kappa shape index (κ3) is 5.67. The van der Waals surface area contributed by atoms with Crippen LogP contribution >= 0.6 is 11.3 Å². The minimum Gasteiger partial charge on any atom is -0.481 e. The van der Waals surface area contributed by atoms with Crippen molar-refractivity contribution < 1.29 is 14.7 Å². The van der Waals surface area contributed by atoms with E-state index in [-0.39, 0.29) is 18.4 Å². The number of carbonyl (C=O) groups excluding carboxylic acids is 1. The van der Waals surface area contributed by atoms with Crippen LogP contribution in [0.5, 0.6) is 0 Å². The van der Waals surface area contributed by atoms with Gasteiger partial charge in [-0.05, 0) is 28.3 Å². The van der Waals surface area contributed by atoms with Gasteiger partial charge in [0.1, 0.15) is 0 Å². The molecule has 2 amide bonds. The average molecular weight is 270 g/mol. The zero-order valence-electron chi connectivity index (χ0n) is 10.3. The maximum atomic E-state index is 11.5. The number of carboxylic acids is 1. The Morgan fingerprint density at radius 1 is 1.44 bits per heavy atom. The molecule has 18 heavy (non-hydrogen) atoms. The summed E-state index contributed by atoms with van der Waals surface area (Å²) >= 11 is 1.58. The first kappa shape index (κ1) is 14.5. The first-order chi connectivity index (χ1) is 8.61. The van der Waals surface area contributed by atoms with Gasteiger partial charge in [0.05, 0.1) is 0 Å². The second-order valence-electron chi connectivity index (χ2n) is 4.07. The standard InChI is InChI=1S/C12H18N2O3S/c1-2-9(5-11(15)16)6-13-12(17)14-7-10-3-4-18-8-10/h3-4,8-9H,2,5-7H2,1H3,(H,15,16)(H2,13,14,17). The highest BCUT2D eigenvalue weighted by Gasteiger charge is 2.12. The maximum absolute atomic E-state index is 11.5. The van der Waals surface area contributed by atoms with E-state index in [4.69, 9.17) is 5.11 Å². The molecule has 0 aliphatic rings. The number of rotatable bonds is 7. The van der Waals surface area contributed by atoms with Gasteiger partial charge in [0, 0.05) is 19.5 Å². The third-order valence-electron chi connectivity index (χ3n) is 2.63. The lowest BCUT2D eigenvalue weighted by Gasteiger charge is -2.13. The quantitative estimate of drug-likeness (QED) is 0.709. The fourth-order valence-corrected chi connectivity index (χ4v) is 2.15. The van der Waals surface area contributed by atoms with E-state index in [9.17, 15) is 9.59 Å². The monoisotopic (exact) mass is 270 g/mol. The topological polar surface area (TPSA) is 78.4 Å². The molecule has 0 fully saturated rings. The average Bonchev–Trinajstić information content (AvgIpc) is 2.84. The summed E-state index contributed by atoms with van der Waals surface area (Å²) in [6.07, 6.45) is 0.818. The van der Waals surface area contributed by atoms with Crippen LogP contribution in [0.4, 0.5) is 4.79 Å². The summed E-state index contributed by atoms with van der Waals surface area (Å²) in [7, 11) is 0. The number of amides is 2. The molecule has 3 N–H and O–H groups in total. The minimum absolute atomic E-state index is 0.0191. The van der Waals surface area contributed by atoms with Gasteiger partial charge in [0.2, 0.25) is 0 Å². The largest absolute Gasteiger partial charge is 0.481 e. The normalized spacial score (nSPS) is 11.8. The molecule has 0 saturated carbocycles.